The predicted molar refractivity (Wildman–Crippen MR) is 135 cm³/mol. The molecular formula is C26H37N5O3. The highest BCUT2D eigenvalue weighted by atomic mass is 16.4. The second-order valence-corrected chi connectivity index (χ2v) is 10.5. The lowest BCUT2D eigenvalue weighted by molar-refractivity contribution is -0.144. The van der Waals surface area contributed by atoms with Crippen LogP contribution in [0.1, 0.15) is 38.3 Å². The van der Waals surface area contributed by atoms with Crippen LogP contribution in [0.2, 0.25) is 0 Å². The zero-order valence-electron chi connectivity index (χ0n) is 21.3. The van der Waals surface area contributed by atoms with Crippen molar-refractivity contribution in [3.05, 3.63) is 47.5 Å². The van der Waals surface area contributed by atoms with Gasteiger partial charge in [-0.3, -0.25) is 4.79 Å². The van der Waals surface area contributed by atoms with Crippen LogP contribution in [0.15, 0.2) is 36.4 Å². The summed E-state index contributed by atoms with van der Waals surface area (Å²) < 4.78 is 0. The summed E-state index contributed by atoms with van der Waals surface area (Å²) in [5.74, 6) is -1.32. The van der Waals surface area contributed by atoms with E-state index in [1.165, 1.54) is 4.80 Å². The van der Waals surface area contributed by atoms with Crippen molar-refractivity contribution < 1.29 is 15.0 Å². The van der Waals surface area contributed by atoms with Crippen LogP contribution < -0.4 is 0 Å². The lowest BCUT2D eigenvalue weighted by Crippen LogP contribution is -2.42. The minimum absolute atomic E-state index is 0.111. The second-order valence-electron chi connectivity index (χ2n) is 10.5. The molecule has 3 aromatic rings. The molecule has 2 aromatic carbocycles. The molecule has 0 aliphatic heterocycles. The van der Waals surface area contributed by atoms with Crippen LogP contribution >= 0.6 is 0 Å². The summed E-state index contributed by atoms with van der Waals surface area (Å²) in [6.45, 7) is 6.87. The van der Waals surface area contributed by atoms with Gasteiger partial charge in [-0.25, -0.2) is 0 Å². The van der Waals surface area contributed by atoms with Crippen molar-refractivity contribution in [2.24, 2.45) is 5.92 Å². The number of hydrogen-bond acceptors (Lipinski definition) is 6. The molecule has 0 radical (unpaired) electrons. The van der Waals surface area contributed by atoms with E-state index in [9.17, 15) is 15.0 Å². The minimum atomic E-state index is -0.827. The zero-order chi connectivity index (χ0) is 25.2. The summed E-state index contributed by atoms with van der Waals surface area (Å²) in [5, 5.41) is 30.4. The molecule has 2 unspecified atom stereocenters. The van der Waals surface area contributed by atoms with Crippen molar-refractivity contribution in [3.8, 4) is 11.4 Å². The third-order valence-electron chi connectivity index (χ3n) is 6.23. The molecule has 1 aromatic heterocycles. The maximum atomic E-state index is 12.4. The number of fused-ring (bicyclic) bond motifs is 1. The Balaban J connectivity index is 2.09. The van der Waals surface area contributed by atoms with Gasteiger partial charge in [0.05, 0.1) is 5.92 Å². The Morgan fingerprint density at radius 3 is 2.12 bits per heavy atom. The summed E-state index contributed by atoms with van der Waals surface area (Å²) in [7, 11) is 7.84. The van der Waals surface area contributed by atoms with E-state index in [1.54, 1.807) is 0 Å². The summed E-state index contributed by atoms with van der Waals surface area (Å²) in [6, 6.07) is 11.1. The summed E-state index contributed by atoms with van der Waals surface area (Å²) in [5.41, 5.74) is 3.13. The Morgan fingerprint density at radius 1 is 1.06 bits per heavy atom. The van der Waals surface area contributed by atoms with Crippen LogP contribution in [-0.2, 0) is 16.6 Å². The number of carbonyl (C=O) groups is 1. The lowest BCUT2D eigenvalue weighted by Gasteiger charge is -2.31. The molecular weight excluding hydrogens is 430 g/mol. The molecule has 184 valence electrons. The third-order valence-corrected chi connectivity index (χ3v) is 6.23. The quantitative estimate of drug-likeness (QED) is 0.497. The average Bonchev–Trinajstić information content (AvgIpc) is 3.16. The molecule has 34 heavy (non-hydrogen) atoms. The Bertz CT molecular complexity index is 1110. The Kier molecular flexibility index (Phi) is 7.63. The van der Waals surface area contributed by atoms with Crippen LogP contribution in [-0.4, -0.2) is 81.8 Å². The largest absolute Gasteiger partial charge is 0.505 e. The number of phenolic OH excluding ortho intramolecular Hbond substituents is 1. The van der Waals surface area contributed by atoms with Gasteiger partial charge in [0.2, 0.25) is 0 Å². The molecule has 0 saturated carbocycles. The predicted octanol–water partition coefficient (Wildman–Crippen LogP) is 3.55. The first-order chi connectivity index (χ1) is 15.9. The van der Waals surface area contributed by atoms with E-state index in [-0.39, 0.29) is 17.2 Å². The van der Waals surface area contributed by atoms with Crippen LogP contribution in [0.25, 0.3) is 16.7 Å². The second kappa shape index (κ2) is 10.1. The van der Waals surface area contributed by atoms with Gasteiger partial charge in [-0.2, -0.15) is 0 Å². The fourth-order valence-corrected chi connectivity index (χ4v) is 4.34. The number of aromatic hydroxyl groups is 1. The summed E-state index contributed by atoms with van der Waals surface area (Å²) >= 11 is 0. The van der Waals surface area contributed by atoms with E-state index in [0.717, 1.165) is 35.1 Å². The van der Waals surface area contributed by atoms with E-state index in [4.69, 9.17) is 0 Å². The molecule has 0 amide bonds. The molecule has 8 heteroatoms. The van der Waals surface area contributed by atoms with Crippen LogP contribution in [0, 0.1) is 5.92 Å². The van der Waals surface area contributed by atoms with Crippen molar-refractivity contribution >= 4 is 17.0 Å². The SMILES string of the molecule is CN(C)CCC(C(Cc1cc(-n2nc3ccccc3n2)c(O)c(C(C)(C)C)c1)C(=O)O)N(C)C. The van der Waals surface area contributed by atoms with E-state index < -0.39 is 11.9 Å². The number of phenols is 1. The van der Waals surface area contributed by atoms with Gasteiger partial charge in [-0.1, -0.05) is 39.0 Å². The highest BCUT2D eigenvalue weighted by Crippen LogP contribution is 2.37. The molecule has 0 saturated heterocycles. The number of rotatable bonds is 9. The van der Waals surface area contributed by atoms with Gasteiger partial charge in [0, 0.05) is 11.6 Å². The Morgan fingerprint density at radius 2 is 1.65 bits per heavy atom. The number of benzene rings is 2. The Labute approximate surface area is 201 Å². The molecule has 0 aliphatic rings. The van der Waals surface area contributed by atoms with Crippen molar-refractivity contribution in [1.29, 1.82) is 0 Å². The molecule has 0 bridgehead atoms. The van der Waals surface area contributed by atoms with Gasteiger partial charge in [0.15, 0.2) is 0 Å². The summed E-state index contributed by atoms with van der Waals surface area (Å²) in [6.07, 6.45) is 1.07. The number of carboxylic acid groups (broad SMARTS) is 1. The number of nitrogens with zero attached hydrogens (tertiary/aromatic N) is 5. The van der Waals surface area contributed by atoms with E-state index >= 15 is 0 Å². The monoisotopic (exact) mass is 467 g/mol. The lowest BCUT2D eigenvalue weighted by atomic mass is 9.82. The number of aromatic nitrogens is 3. The fourth-order valence-electron chi connectivity index (χ4n) is 4.34. The molecule has 1 heterocycles. The smallest absolute Gasteiger partial charge is 0.308 e. The normalized spacial score (nSPS) is 14.1. The van der Waals surface area contributed by atoms with Crippen molar-refractivity contribution in [3.63, 3.8) is 0 Å². The third kappa shape index (κ3) is 5.74. The molecule has 0 fully saturated rings. The maximum Gasteiger partial charge on any atom is 0.308 e. The number of aliphatic carboxylic acids is 1. The van der Waals surface area contributed by atoms with E-state index in [2.05, 4.69) is 15.1 Å². The van der Waals surface area contributed by atoms with E-state index in [1.807, 2.05) is 90.3 Å². The molecule has 2 N–H and O–H groups in total. The first-order valence-electron chi connectivity index (χ1n) is 11.6. The van der Waals surface area contributed by atoms with Gasteiger partial charge >= 0.3 is 5.97 Å². The Hall–Kier alpha value is -2.97. The fraction of sp³-hybridized carbons (Fsp3) is 0.500. The van der Waals surface area contributed by atoms with Gasteiger partial charge in [0.25, 0.3) is 0 Å². The van der Waals surface area contributed by atoms with Gasteiger partial charge < -0.3 is 20.0 Å². The number of hydrogen-bond donors (Lipinski definition) is 2. The molecule has 2 atom stereocenters. The highest BCUT2D eigenvalue weighted by molar-refractivity contribution is 5.74. The van der Waals surface area contributed by atoms with Crippen molar-refractivity contribution in [1.82, 2.24) is 24.8 Å². The number of carboxylic acids is 1. The van der Waals surface area contributed by atoms with Crippen molar-refractivity contribution in [2.75, 3.05) is 34.7 Å². The molecule has 3 rings (SSSR count). The van der Waals surface area contributed by atoms with Crippen molar-refractivity contribution in [2.45, 2.75) is 45.1 Å². The van der Waals surface area contributed by atoms with Crippen LogP contribution in [0.5, 0.6) is 5.75 Å². The minimum Gasteiger partial charge on any atom is -0.505 e. The zero-order valence-corrected chi connectivity index (χ0v) is 21.3. The first kappa shape index (κ1) is 25.6. The van der Waals surface area contributed by atoms with Crippen LogP contribution in [0.3, 0.4) is 0 Å². The first-order valence-corrected chi connectivity index (χ1v) is 11.6. The molecule has 0 aliphatic carbocycles. The van der Waals surface area contributed by atoms with Gasteiger partial charge in [-0.05, 0) is 76.8 Å². The topological polar surface area (TPSA) is 94.7 Å². The molecule has 8 nitrogen and oxygen atoms in total. The van der Waals surface area contributed by atoms with Gasteiger partial charge in [0.1, 0.15) is 22.5 Å². The molecule has 0 spiro atoms. The highest BCUT2D eigenvalue weighted by Gasteiger charge is 2.31. The maximum absolute atomic E-state index is 12.4. The summed E-state index contributed by atoms with van der Waals surface area (Å²) in [4.78, 5) is 17.9. The van der Waals surface area contributed by atoms with E-state index in [0.29, 0.717) is 12.1 Å². The van der Waals surface area contributed by atoms with Gasteiger partial charge in [-0.15, -0.1) is 15.0 Å². The standard InChI is InChI=1S/C26H37N5O3/c1-26(2,3)19-15-17(14-18(25(33)34)22(30(6)7)12-13-29(4)5)16-23(24(19)32)31-27-20-10-8-9-11-21(20)28-31/h8-11,15-16,18,22,32H,12-14H2,1-7H3,(H,33,34). The average molecular weight is 468 g/mol. The van der Waals surface area contributed by atoms with Crippen LogP contribution in [0.4, 0.5) is 0 Å².